The number of amides is 1. The number of nitrogens with one attached hydrogen (secondary N) is 2. The second-order valence-electron chi connectivity index (χ2n) is 7.52. The van der Waals surface area contributed by atoms with E-state index < -0.39 is 5.60 Å². The van der Waals surface area contributed by atoms with E-state index in [4.69, 9.17) is 4.74 Å². The van der Waals surface area contributed by atoms with E-state index in [1.54, 1.807) is 0 Å². The Morgan fingerprint density at radius 1 is 1.45 bits per heavy atom. The molecule has 1 amide bonds. The van der Waals surface area contributed by atoms with Crippen molar-refractivity contribution in [2.24, 2.45) is 5.92 Å². The first-order valence-electron chi connectivity index (χ1n) is 7.99. The van der Waals surface area contributed by atoms with Gasteiger partial charge in [0.05, 0.1) is 11.7 Å². The summed E-state index contributed by atoms with van der Waals surface area (Å²) in [6, 6.07) is 0.647. The number of rotatable bonds is 3. The molecule has 0 radical (unpaired) electrons. The van der Waals surface area contributed by atoms with Gasteiger partial charge in [0.1, 0.15) is 5.60 Å². The Hall–Kier alpha value is -1.56. The van der Waals surface area contributed by atoms with E-state index in [-0.39, 0.29) is 12.1 Å². The van der Waals surface area contributed by atoms with Gasteiger partial charge in [-0.15, -0.1) is 0 Å². The molecule has 22 heavy (non-hydrogen) atoms. The molecule has 2 saturated heterocycles. The average molecular weight is 306 g/mol. The van der Waals surface area contributed by atoms with Gasteiger partial charge in [-0.1, -0.05) is 0 Å². The molecule has 2 bridgehead atoms. The lowest BCUT2D eigenvalue weighted by Crippen LogP contribution is -2.53. The lowest BCUT2D eigenvalue weighted by molar-refractivity contribution is 0.0223. The number of hydrogen-bond acceptors (Lipinski definition) is 4. The van der Waals surface area contributed by atoms with E-state index in [1.165, 1.54) is 5.56 Å². The fourth-order valence-electron chi connectivity index (χ4n) is 3.51. The Labute approximate surface area is 131 Å². The number of fused-ring (bicyclic) bond motifs is 1. The van der Waals surface area contributed by atoms with Crippen LogP contribution in [-0.4, -0.2) is 45.4 Å². The number of carbonyl (C=O) groups is 1. The van der Waals surface area contributed by atoms with E-state index in [2.05, 4.69) is 15.5 Å². The fraction of sp³-hybridized carbons (Fsp3) is 0.750. The van der Waals surface area contributed by atoms with Gasteiger partial charge in [-0.05, 0) is 47.0 Å². The third-order valence-corrected chi connectivity index (χ3v) is 4.72. The lowest BCUT2D eigenvalue weighted by atomic mass is 9.80. The Morgan fingerprint density at radius 2 is 2.18 bits per heavy atom. The van der Waals surface area contributed by atoms with Crippen LogP contribution in [0.15, 0.2) is 0 Å². The summed E-state index contributed by atoms with van der Waals surface area (Å²) < 4.78 is 5.50. The number of aryl methyl sites for hydroxylation is 2. The van der Waals surface area contributed by atoms with Crippen LogP contribution in [0.4, 0.5) is 4.79 Å². The summed E-state index contributed by atoms with van der Waals surface area (Å²) in [5, 5.41) is 10.8. The zero-order chi connectivity index (χ0) is 16.1. The minimum atomic E-state index is -0.433. The van der Waals surface area contributed by atoms with Crippen LogP contribution in [-0.2, 0) is 11.3 Å². The van der Waals surface area contributed by atoms with Crippen molar-refractivity contribution in [3.63, 3.8) is 0 Å². The van der Waals surface area contributed by atoms with Crippen molar-refractivity contribution in [3.8, 4) is 0 Å². The highest BCUT2D eigenvalue weighted by Gasteiger charge is 2.54. The number of H-pyrrole nitrogens is 1. The van der Waals surface area contributed by atoms with E-state index in [0.29, 0.717) is 12.0 Å². The molecule has 3 atom stereocenters. The van der Waals surface area contributed by atoms with Crippen LogP contribution in [0.2, 0.25) is 0 Å². The largest absolute Gasteiger partial charge is 0.444 e. The van der Waals surface area contributed by atoms with Crippen LogP contribution in [0.3, 0.4) is 0 Å². The first-order chi connectivity index (χ1) is 10.3. The van der Waals surface area contributed by atoms with Gasteiger partial charge in [-0.2, -0.15) is 5.10 Å². The summed E-state index contributed by atoms with van der Waals surface area (Å²) in [6.45, 7) is 11.4. The third-order valence-electron chi connectivity index (χ3n) is 4.72. The topological polar surface area (TPSA) is 70.2 Å². The molecule has 4 rings (SSSR count). The standard InChI is InChI=1S/C16H26N4O2/c1-9-12(10(2)19-18-9)7-17-14-11-6-13(14)20(8-11)15(21)22-16(3,4)5/h11,13-14,17H,6-8H2,1-5H3,(H,18,19). The number of ether oxygens (including phenoxy) is 1. The fourth-order valence-corrected chi connectivity index (χ4v) is 3.51. The minimum absolute atomic E-state index is 0.181. The van der Waals surface area contributed by atoms with Gasteiger partial charge >= 0.3 is 6.09 Å². The highest BCUT2D eigenvalue weighted by atomic mass is 16.6. The van der Waals surface area contributed by atoms with Crippen LogP contribution in [0.1, 0.15) is 44.1 Å². The minimum Gasteiger partial charge on any atom is -0.444 e. The maximum absolute atomic E-state index is 12.2. The van der Waals surface area contributed by atoms with Gasteiger partial charge in [0, 0.05) is 30.4 Å². The van der Waals surface area contributed by atoms with Gasteiger partial charge in [-0.25, -0.2) is 4.79 Å². The monoisotopic (exact) mass is 306 g/mol. The van der Waals surface area contributed by atoms with Gasteiger partial charge < -0.3 is 15.0 Å². The van der Waals surface area contributed by atoms with Gasteiger partial charge in [0.15, 0.2) is 0 Å². The van der Waals surface area contributed by atoms with Crippen molar-refractivity contribution >= 4 is 6.09 Å². The summed E-state index contributed by atoms with van der Waals surface area (Å²) in [5.74, 6) is 0.546. The van der Waals surface area contributed by atoms with Crippen molar-refractivity contribution < 1.29 is 9.53 Å². The lowest BCUT2D eigenvalue weighted by Gasteiger charge is -2.37. The molecule has 6 heteroatoms. The van der Waals surface area contributed by atoms with Gasteiger partial charge in [0.25, 0.3) is 0 Å². The van der Waals surface area contributed by atoms with Gasteiger partial charge in [-0.3, -0.25) is 5.10 Å². The molecule has 1 saturated carbocycles. The molecule has 122 valence electrons. The Bertz CT molecular complexity index is 556. The van der Waals surface area contributed by atoms with E-state index >= 15 is 0 Å². The van der Waals surface area contributed by atoms with Crippen molar-refractivity contribution in [1.82, 2.24) is 20.4 Å². The van der Waals surface area contributed by atoms with Crippen molar-refractivity contribution in [3.05, 3.63) is 17.0 Å². The zero-order valence-electron chi connectivity index (χ0n) is 14.1. The van der Waals surface area contributed by atoms with Crippen LogP contribution >= 0.6 is 0 Å². The van der Waals surface area contributed by atoms with Crippen LogP contribution in [0, 0.1) is 19.8 Å². The molecule has 1 aromatic heterocycles. The predicted molar refractivity (Wildman–Crippen MR) is 83.5 cm³/mol. The van der Waals surface area contributed by atoms with Crippen molar-refractivity contribution in [2.45, 2.75) is 65.3 Å². The Kier molecular flexibility index (Phi) is 3.67. The number of carbonyl (C=O) groups excluding carboxylic acids is 1. The van der Waals surface area contributed by atoms with Crippen LogP contribution < -0.4 is 5.32 Å². The normalized spacial score (nSPS) is 27.0. The molecular formula is C16H26N4O2. The molecule has 2 N–H and O–H groups in total. The average Bonchev–Trinajstić information content (AvgIpc) is 3.04. The van der Waals surface area contributed by atoms with Crippen LogP contribution in [0.5, 0.6) is 0 Å². The number of hydrogen-bond donors (Lipinski definition) is 2. The molecule has 3 aliphatic rings. The van der Waals surface area contributed by atoms with Crippen LogP contribution in [0.25, 0.3) is 0 Å². The zero-order valence-corrected chi connectivity index (χ0v) is 14.1. The van der Waals surface area contributed by atoms with E-state index in [1.807, 2.05) is 39.5 Å². The van der Waals surface area contributed by atoms with Gasteiger partial charge in [0.2, 0.25) is 0 Å². The third kappa shape index (κ3) is 2.72. The molecular weight excluding hydrogens is 280 g/mol. The SMILES string of the molecule is Cc1n[nH]c(C)c1CNC1C2CC1N(C(=O)OC(C)(C)C)C2. The number of aromatic amines is 1. The smallest absolute Gasteiger partial charge is 0.410 e. The van der Waals surface area contributed by atoms with E-state index in [9.17, 15) is 4.79 Å². The molecule has 3 unspecified atom stereocenters. The first kappa shape index (κ1) is 15.3. The quantitative estimate of drug-likeness (QED) is 0.897. The summed E-state index contributed by atoms with van der Waals surface area (Å²) in [4.78, 5) is 14.1. The predicted octanol–water partition coefficient (Wildman–Crippen LogP) is 2.12. The van der Waals surface area contributed by atoms with Crippen molar-refractivity contribution in [2.75, 3.05) is 6.54 Å². The van der Waals surface area contributed by atoms with E-state index in [0.717, 1.165) is 30.9 Å². The number of aromatic nitrogens is 2. The summed E-state index contributed by atoms with van der Waals surface area (Å²) in [5.41, 5.74) is 2.95. The maximum atomic E-state index is 12.2. The summed E-state index contributed by atoms with van der Waals surface area (Å²) in [6.07, 6.45) is 0.903. The van der Waals surface area contributed by atoms with Crippen molar-refractivity contribution in [1.29, 1.82) is 0 Å². The molecule has 3 heterocycles. The summed E-state index contributed by atoms with van der Waals surface area (Å²) >= 11 is 0. The second kappa shape index (κ2) is 5.26. The maximum Gasteiger partial charge on any atom is 0.410 e. The molecule has 3 fully saturated rings. The first-order valence-corrected chi connectivity index (χ1v) is 7.99. The highest BCUT2D eigenvalue weighted by Crippen LogP contribution is 2.41. The molecule has 1 aliphatic carbocycles. The molecule has 0 spiro atoms. The molecule has 1 aromatic rings. The number of nitrogens with zero attached hydrogens (tertiary/aromatic N) is 2. The second-order valence-corrected chi connectivity index (χ2v) is 7.52. The Balaban J connectivity index is 1.57. The molecule has 0 aromatic carbocycles. The Morgan fingerprint density at radius 3 is 2.77 bits per heavy atom. The molecule has 2 aliphatic heterocycles. The molecule has 6 nitrogen and oxygen atoms in total. The summed E-state index contributed by atoms with van der Waals surface area (Å²) in [7, 11) is 0. The highest BCUT2D eigenvalue weighted by molar-refractivity contribution is 5.70.